The average molecular weight is 162 g/mol. The molecule has 2 heterocycles. The van der Waals surface area contributed by atoms with E-state index in [1.54, 1.807) is 12.0 Å². The Kier molecular flexibility index (Phi) is 1.47. The van der Waals surface area contributed by atoms with Gasteiger partial charge in [0, 0.05) is 12.0 Å². The Morgan fingerprint density at radius 2 is 2.00 bits per heavy atom. The fourth-order valence-electron chi connectivity index (χ4n) is 1.21. The predicted molar refractivity (Wildman–Crippen MR) is 42.2 cm³/mol. The smallest absolute Gasteiger partial charge is 0.121 e. The van der Waals surface area contributed by atoms with Gasteiger partial charge in [0.05, 0.1) is 4.58 Å². The summed E-state index contributed by atoms with van der Waals surface area (Å²) in [6.07, 6.45) is 0. The molecule has 2 rings (SSSR count). The van der Waals surface area contributed by atoms with Gasteiger partial charge in [0.2, 0.25) is 0 Å². The Bertz CT molecular complexity index is 110. The number of rotatable bonds is 0. The van der Waals surface area contributed by atoms with Crippen molar-refractivity contribution >= 4 is 23.8 Å². The van der Waals surface area contributed by atoms with Crippen LogP contribution in [0.4, 0.5) is 0 Å². The van der Waals surface area contributed by atoms with Crippen molar-refractivity contribution in [1.82, 2.24) is 0 Å². The van der Waals surface area contributed by atoms with Gasteiger partial charge >= 0.3 is 0 Å². The largest absolute Gasteiger partial charge is 0.300 e. The lowest BCUT2D eigenvalue weighted by atomic mass is 9.99. The van der Waals surface area contributed by atoms with Gasteiger partial charge in [0.15, 0.2) is 0 Å². The first-order valence-corrected chi connectivity index (χ1v) is 5.01. The lowest BCUT2D eigenvalue weighted by molar-refractivity contribution is 0.219. The van der Waals surface area contributed by atoms with E-state index in [2.05, 4.69) is 13.8 Å². The van der Waals surface area contributed by atoms with Crippen molar-refractivity contribution in [3.63, 3.8) is 0 Å². The topological polar surface area (TPSA) is 9.23 Å². The molecule has 0 aromatic carbocycles. The first-order chi connectivity index (χ1) is 4.29. The Labute approximate surface area is 64.1 Å². The molecule has 0 spiro atoms. The summed E-state index contributed by atoms with van der Waals surface area (Å²) in [7, 11) is 0. The fourth-order valence-corrected chi connectivity index (χ4v) is 4.24. The number of hydrogen-bond donors (Lipinski definition) is 0. The van der Waals surface area contributed by atoms with E-state index in [4.69, 9.17) is 4.18 Å². The highest BCUT2D eigenvalue weighted by molar-refractivity contribution is 8.18. The third kappa shape index (κ3) is 0.819. The highest BCUT2D eigenvalue weighted by Crippen LogP contribution is 2.56. The monoisotopic (exact) mass is 162 g/mol. The van der Waals surface area contributed by atoms with Crippen LogP contribution in [0, 0.1) is 11.8 Å². The fraction of sp³-hybridized carbons (Fsp3) is 1.00. The summed E-state index contributed by atoms with van der Waals surface area (Å²) in [5, 5.41) is 0. The van der Waals surface area contributed by atoms with Crippen LogP contribution in [0.1, 0.15) is 13.8 Å². The van der Waals surface area contributed by atoms with E-state index in [9.17, 15) is 0 Å². The van der Waals surface area contributed by atoms with Gasteiger partial charge in [-0.25, -0.2) is 0 Å². The molecule has 3 heteroatoms. The molecule has 0 radical (unpaired) electrons. The lowest BCUT2D eigenvalue weighted by Crippen LogP contribution is -2.20. The van der Waals surface area contributed by atoms with Crippen LogP contribution in [0.25, 0.3) is 0 Å². The zero-order valence-corrected chi connectivity index (χ0v) is 7.17. The third-order valence-electron chi connectivity index (χ3n) is 2.20. The van der Waals surface area contributed by atoms with Crippen molar-refractivity contribution in [1.29, 1.82) is 0 Å². The van der Waals surface area contributed by atoms with Crippen molar-refractivity contribution in [3.8, 4) is 0 Å². The minimum Gasteiger partial charge on any atom is -0.300 e. The van der Waals surface area contributed by atoms with Gasteiger partial charge in [-0.3, -0.25) is 4.18 Å². The molecular formula is C6H10OS2. The van der Waals surface area contributed by atoms with Gasteiger partial charge in [-0.1, -0.05) is 13.8 Å². The maximum absolute atomic E-state index is 5.41. The Morgan fingerprint density at radius 3 is 2.33 bits per heavy atom. The van der Waals surface area contributed by atoms with Gasteiger partial charge in [-0.15, -0.1) is 11.8 Å². The molecule has 9 heavy (non-hydrogen) atoms. The van der Waals surface area contributed by atoms with Gasteiger partial charge in [-0.05, 0) is 11.8 Å². The summed E-state index contributed by atoms with van der Waals surface area (Å²) in [6, 6.07) is 0. The number of fused-ring (bicyclic) bond motifs is 2. The molecule has 1 nitrogen and oxygen atoms in total. The normalized spacial score (nSPS) is 56.7. The zero-order chi connectivity index (χ0) is 6.43. The van der Waals surface area contributed by atoms with Crippen molar-refractivity contribution in [2.75, 3.05) is 0 Å². The van der Waals surface area contributed by atoms with Crippen LogP contribution in [0.5, 0.6) is 0 Å². The molecule has 0 aromatic rings. The molecule has 2 saturated heterocycles. The van der Waals surface area contributed by atoms with E-state index >= 15 is 0 Å². The van der Waals surface area contributed by atoms with Crippen molar-refractivity contribution in [3.05, 3.63) is 0 Å². The molecule has 0 aliphatic carbocycles. The molecule has 2 fully saturated rings. The van der Waals surface area contributed by atoms with E-state index in [1.807, 2.05) is 11.8 Å². The molecule has 52 valence electrons. The van der Waals surface area contributed by atoms with Crippen LogP contribution >= 0.6 is 23.8 Å². The van der Waals surface area contributed by atoms with Crippen LogP contribution in [0.3, 0.4) is 0 Å². The number of hydrogen-bond acceptors (Lipinski definition) is 3. The summed E-state index contributed by atoms with van der Waals surface area (Å²) < 4.78 is 6.14. The molecule has 4 atom stereocenters. The minimum atomic E-state index is 0.495. The highest BCUT2D eigenvalue weighted by atomic mass is 32.2. The summed E-state index contributed by atoms with van der Waals surface area (Å²) in [6.45, 7) is 4.60. The van der Waals surface area contributed by atoms with E-state index in [0.717, 1.165) is 16.4 Å². The van der Waals surface area contributed by atoms with Crippen molar-refractivity contribution in [2.24, 2.45) is 11.8 Å². The molecule has 0 saturated carbocycles. The first kappa shape index (κ1) is 6.38. The molecule has 0 amide bonds. The van der Waals surface area contributed by atoms with Crippen LogP contribution in [-0.4, -0.2) is 10.0 Å². The molecule has 2 aliphatic rings. The maximum atomic E-state index is 5.41. The Balaban J connectivity index is 2.15. The second kappa shape index (κ2) is 2.07. The van der Waals surface area contributed by atoms with Crippen molar-refractivity contribution in [2.45, 2.75) is 23.9 Å². The van der Waals surface area contributed by atoms with Gasteiger partial charge < -0.3 is 0 Å². The maximum Gasteiger partial charge on any atom is 0.121 e. The van der Waals surface area contributed by atoms with Crippen LogP contribution in [0.15, 0.2) is 0 Å². The minimum absolute atomic E-state index is 0.495. The molecule has 0 aromatic heterocycles. The van der Waals surface area contributed by atoms with Gasteiger partial charge in [0.25, 0.3) is 0 Å². The summed E-state index contributed by atoms with van der Waals surface area (Å²) in [5.41, 5.74) is 0.495. The Hall–Kier alpha value is 0.660. The van der Waals surface area contributed by atoms with E-state index in [-0.39, 0.29) is 0 Å². The standard InChI is InChI=1S/C6H10OS2/c1-3-4(2)6-8-5(3)7-9-6/h3-6H,1-2H3. The summed E-state index contributed by atoms with van der Waals surface area (Å²) in [5.74, 6) is 1.61. The second-order valence-electron chi connectivity index (χ2n) is 2.78. The Morgan fingerprint density at radius 1 is 1.22 bits per heavy atom. The average Bonchev–Trinajstić information content (AvgIpc) is 2.37. The van der Waals surface area contributed by atoms with Crippen LogP contribution < -0.4 is 0 Å². The molecule has 4 unspecified atom stereocenters. The van der Waals surface area contributed by atoms with E-state index in [1.165, 1.54) is 0 Å². The quantitative estimate of drug-likeness (QED) is 0.506. The molecular weight excluding hydrogens is 152 g/mol. The SMILES string of the molecule is CC1C2OSC(S2)C1C. The van der Waals surface area contributed by atoms with Crippen LogP contribution in [-0.2, 0) is 4.18 Å². The molecule has 2 bridgehead atoms. The molecule has 2 aliphatic heterocycles. The van der Waals surface area contributed by atoms with E-state index < -0.39 is 0 Å². The zero-order valence-electron chi connectivity index (χ0n) is 5.53. The van der Waals surface area contributed by atoms with E-state index in [0.29, 0.717) is 5.44 Å². The number of thioether (sulfide) groups is 1. The van der Waals surface area contributed by atoms with Crippen LogP contribution in [0.2, 0.25) is 0 Å². The molecule has 0 N–H and O–H groups in total. The second-order valence-corrected chi connectivity index (χ2v) is 5.22. The third-order valence-corrected chi connectivity index (χ3v) is 5.32. The summed E-state index contributed by atoms with van der Waals surface area (Å²) in [4.78, 5) is 0. The van der Waals surface area contributed by atoms with Gasteiger partial charge in [-0.2, -0.15) is 0 Å². The highest BCUT2D eigenvalue weighted by Gasteiger charge is 2.46. The van der Waals surface area contributed by atoms with Crippen molar-refractivity contribution < 1.29 is 4.18 Å². The lowest BCUT2D eigenvalue weighted by Gasteiger charge is -2.21. The van der Waals surface area contributed by atoms with Gasteiger partial charge in [0.1, 0.15) is 5.44 Å². The predicted octanol–water partition coefficient (Wildman–Crippen LogP) is 2.34. The summed E-state index contributed by atoms with van der Waals surface area (Å²) >= 11 is 3.66. The first-order valence-electron chi connectivity index (χ1n) is 3.26.